The van der Waals surface area contributed by atoms with Crippen LogP contribution in [0.5, 0.6) is 5.75 Å². The first-order chi connectivity index (χ1) is 7.78. The summed E-state index contributed by atoms with van der Waals surface area (Å²) in [6.45, 7) is 1.93. The average Bonchev–Trinajstić information content (AvgIpc) is 2.29. The summed E-state index contributed by atoms with van der Waals surface area (Å²) in [5.41, 5.74) is 1.87. The van der Waals surface area contributed by atoms with Gasteiger partial charge in [0.1, 0.15) is 17.9 Å². The summed E-state index contributed by atoms with van der Waals surface area (Å²) in [5.74, 6) is 1.59. The number of anilines is 2. The SMILES string of the molecule is COc1cccc(Nc2cc(C)ncn2)c1.Cl. The third-order valence-electron chi connectivity index (χ3n) is 2.15. The fraction of sp³-hybridized carbons (Fsp3) is 0.167. The molecule has 0 radical (unpaired) electrons. The molecule has 0 aliphatic carbocycles. The Bertz CT molecular complexity index is 491. The highest BCUT2D eigenvalue weighted by Gasteiger charge is 1.98. The molecule has 0 spiro atoms. The van der Waals surface area contributed by atoms with Crippen LogP contribution in [0.3, 0.4) is 0 Å². The lowest BCUT2D eigenvalue weighted by Crippen LogP contribution is -1.95. The zero-order valence-electron chi connectivity index (χ0n) is 9.68. The quantitative estimate of drug-likeness (QED) is 0.911. The molecule has 17 heavy (non-hydrogen) atoms. The zero-order valence-corrected chi connectivity index (χ0v) is 10.5. The van der Waals surface area contributed by atoms with Crippen molar-refractivity contribution in [2.75, 3.05) is 12.4 Å². The molecule has 5 heteroatoms. The Labute approximate surface area is 106 Å². The predicted octanol–water partition coefficient (Wildman–Crippen LogP) is 2.96. The molecule has 0 bridgehead atoms. The standard InChI is InChI=1S/C12H13N3O.ClH/c1-9-6-12(14-8-13-9)15-10-4-3-5-11(7-10)16-2;/h3-8H,1-2H3,(H,13,14,15);1H. The van der Waals surface area contributed by atoms with Crippen LogP contribution in [0.4, 0.5) is 11.5 Å². The van der Waals surface area contributed by atoms with Crippen LogP contribution in [0.1, 0.15) is 5.69 Å². The Balaban J connectivity index is 0.00000144. The fourth-order valence-electron chi connectivity index (χ4n) is 1.37. The smallest absolute Gasteiger partial charge is 0.133 e. The first-order valence-corrected chi connectivity index (χ1v) is 4.97. The highest BCUT2D eigenvalue weighted by molar-refractivity contribution is 5.85. The Hall–Kier alpha value is -1.81. The Morgan fingerprint density at radius 3 is 2.71 bits per heavy atom. The number of nitrogens with zero attached hydrogens (tertiary/aromatic N) is 2. The predicted molar refractivity (Wildman–Crippen MR) is 70.3 cm³/mol. The van der Waals surface area contributed by atoms with Gasteiger partial charge in [0.25, 0.3) is 0 Å². The molecule has 0 atom stereocenters. The highest BCUT2D eigenvalue weighted by atomic mass is 35.5. The topological polar surface area (TPSA) is 47.0 Å². The number of aryl methyl sites for hydroxylation is 1. The van der Waals surface area contributed by atoms with E-state index in [1.165, 1.54) is 6.33 Å². The van der Waals surface area contributed by atoms with Crippen LogP contribution in [0.25, 0.3) is 0 Å². The van der Waals surface area contributed by atoms with Gasteiger partial charge in [0.15, 0.2) is 0 Å². The van der Waals surface area contributed by atoms with E-state index < -0.39 is 0 Å². The monoisotopic (exact) mass is 251 g/mol. The molecule has 0 aliphatic rings. The Morgan fingerprint density at radius 2 is 2.00 bits per heavy atom. The second-order valence-corrected chi connectivity index (χ2v) is 3.40. The lowest BCUT2D eigenvalue weighted by atomic mass is 10.3. The van der Waals surface area contributed by atoms with Crippen molar-refractivity contribution in [2.45, 2.75) is 6.92 Å². The van der Waals surface area contributed by atoms with Crippen LogP contribution in [-0.4, -0.2) is 17.1 Å². The number of nitrogens with one attached hydrogen (secondary N) is 1. The van der Waals surface area contributed by atoms with Crippen molar-refractivity contribution < 1.29 is 4.74 Å². The summed E-state index contributed by atoms with van der Waals surface area (Å²) >= 11 is 0. The van der Waals surface area contributed by atoms with Gasteiger partial charge in [0.05, 0.1) is 7.11 Å². The lowest BCUT2D eigenvalue weighted by molar-refractivity contribution is 0.415. The van der Waals surface area contributed by atoms with Crippen molar-refractivity contribution in [1.29, 1.82) is 0 Å². The molecule has 0 aliphatic heterocycles. The van der Waals surface area contributed by atoms with Crippen molar-refractivity contribution >= 4 is 23.9 Å². The summed E-state index contributed by atoms with van der Waals surface area (Å²) in [6, 6.07) is 9.59. The van der Waals surface area contributed by atoms with E-state index in [0.29, 0.717) is 0 Å². The van der Waals surface area contributed by atoms with Gasteiger partial charge in [0.2, 0.25) is 0 Å². The molecule has 0 unspecified atom stereocenters. The van der Waals surface area contributed by atoms with E-state index >= 15 is 0 Å². The molecule has 0 amide bonds. The molecule has 90 valence electrons. The minimum absolute atomic E-state index is 0. The molecule has 1 aromatic carbocycles. The van der Waals surface area contributed by atoms with Crippen molar-refractivity contribution in [3.05, 3.63) is 42.4 Å². The van der Waals surface area contributed by atoms with Crippen LogP contribution in [0.15, 0.2) is 36.7 Å². The first-order valence-electron chi connectivity index (χ1n) is 4.97. The van der Waals surface area contributed by atoms with Crippen LogP contribution in [0, 0.1) is 6.92 Å². The molecule has 2 aromatic rings. The van der Waals surface area contributed by atoms with Crippen molar-refractivity contribution in [2.24, 2.45) is 0 Å². The molecular formula is C12H14ClN3O. The van der Waals surface area contributed by atoms with Gasteiger partial charge >= 0.3 is 0 Å². The van der Waals surface area contributed by atoms with Crippen LogP contribution < -0.4 is 10.1 Å². The van der Waals surface area contributed by atoms with Gasteiger partial charge in [-0.25, -0.2) is 9.97 Å². The molecule has 4 nitrogen and oxygen atoms in total. The van der Waals surface area contributed by atoms with E-state index in [2.05, 4.69) is 15.3 Å². The normalized spacial score (nSPS) is 9.29. The molecule has 2 rings (SSSR count). The lowest BCUT2D eigenvalue weighted by Gasteiger charge is -2.07. The molecule has 1 aromatic heterocycles. The maximum absolute atomic E-state index is 5.14. The van der Waals surface area contributed by atoms with E-state index in [-0.39, 0.29) is 12.4 Å². The minimum atomic E-state index is 0. The van der Waals surface area contributed by atoms with Crippen molar-refractivity contribution in [3.8, 4) is 5.75 Å². The van der Waals surface area contributed by atoms with E-state index in [4.69, 9.17) is 4.74 Å². The summed E-state index contributed by atoms with van der Waals surface area (Å²) in [5, 5.41) is 3.19. The number of hydrogen-bond acceptors (Lipinski definition) is 4. The van der Waals surface area contributed by atoms with Gasteiger partial charge < -0.3 is 10.1 Å². The zero-order chi connectivity index (χ0) is 11.4. The number of halogens is 1. The number of aromatic nitrogens is 2. The number of hydrogen-bond donors (Lipinski definition) is 1. The molecule has 0 saturated heterocycles. The third-order valence-corrected chi connectivity index (χ3v) is 2.15. The average molecular weight is 252 g/mol. The maximum atomic E-state index is 5.14. The Morgan fingerprint density at radius 1 is 1.18 bits per heavy atom. The number of benzene rings is 1. The molecule has 1 N–H and O–H groups in total. The van der Waals surface area contributed by atoms with Gasteiger partial charge in [-0.05, 0) is 19.1 Å². The third kappa shape index (κ3) is 3.60. The molecule has 0 fully saturated rings. The van der Waals surface area contributed by atoms with E-state index in [1.54, 1.807) is 7.11 Å². The minimum Gasteiger partial charge on any atom is -0.497 e. The van der Waals surface area contributed by atoms with E-state index in [1.807, 2.05) is 37.3 Å². The van der Waals surface area contributed by atoms with Gasteiger partial charge in [-0.3, -0.25) is 0 Å². The van der Waals surface area contributed by atoms with Crippen LogP contribution in [0.2, 0.25) is 0 Å². The number of methoxy groups -OCH3 is 1. The largest absolute Gasteiger partial charge is 0.497 e. The second kappa shape index (κ2) is 6.06. The molecular weight excluding hydrogens is 238 g/mol. The van der Waals surface area contributed by atoms with Gasteiger partial charge in [-0.1, -0.05) is 6.07 Å². The van der Waals surface area contributed by atoms with Gasteiger partial charge in [0, 0.05) is 23.5 Å². The summed E-state index contributed by atoms with van der Waals surface area (Å²) in [7, 11) is 1.65. The summed E-state index contributed by atoms with van der Waals surface area (Å²) < 4.78 is 5.14. The van der Waals surface area contributed by atoms with E-state index in [0.717, 1.165) is 22.9 Å². The molecule has 0 saturated carbocycles. The van der Waals surface area contributed by atoms with E-state index in [9.17, 15) is 0 Å². The van der Waals surface area contributed by atoms with Gasteiger partial charge in [-0.2, -0.15) is 0 Å². The van der Waals surface area contributed by atoms with Crippen molar-refractivity contribution in [3.63, 3.8) is 0 Å². The summed E-state index contributed by atoms with van der Waals surface area (Å²) in [6.07, 6.45) is 1.54. The van der Waals surface area contributed by atoms with Crippen LogP contribution >= 0.6 is 12.4 Å². The second-order valence-electron chi connectivity index (χ2n) is 3.40. The number of ether oxygens (including phenoxy) is 1. The van der Waals surface area contributed by atoms with Crippen LogP contribution in [-0.2, 0) is 0 Å². The maximum Gasteiger partial charge on any atom is 0.133 e. The number of rotatable bonds is 3. The fourth-order valence-corrected chi connectivity index (χ4v) is 1.37. The van der Waals surface area contributed by atoms with Crippen molar-refractivity contribution in [1.82, 2.24) is 9.97 Å². The van der Waals surface area contributed by atoms with Gasteiger partial charge in [-0.15, -0.1) is 12.4 Å². The first kappa shape index (κ1) is 13.3. The Kier molecular flexibility index (Phi) is 4.72. The highest BCUT2D eigenvalue weighted by Crippen LogP contribution is 2.19. The summed E-state index contributed by atoms with van der Waals surface area (Å²) in [4.78, 5) is 8.17. The molecule has 1 heterocycles.